The summed E-state index contributed by atoms with van der Waals surface area (Å²) in [5.41, 5.74) is 3.00. The van der Waals surface area contributed by atoms with Crippen molar-refractivity contribution in [3.05, 3.63) is 23.7 Å². The van der Waals surface area contributed by atoms with E-state index >= 15 is 0 Å². The lowest BCUT2D eigenvalue weighted by Crippen LogP contribution is -2.11. The lowest BCUT2D eigenvalue weighted by Gasteiger charge is -2.12. The van der Waals surface area contributed by atoms with Crippen LogP contribution in [-0.2, 0) is 13.0 Å². The van der Waals surface area contributed by atoms with Gasteiger partial charge < -0.3 is 4.57 Å². The van der Waals surface area contributed by atoms with E-state index in [-0.39, 0.29) is 0 Å². The number of aryl methyl sites for hydroxylation is 2. The molecule has 0 spiro atoms. The number of imidazole rings is 1. The van der Waals surface area contributed by atoms with Gasteiger partial charge in [-0.2, -0.15) is 0 Å². The molecular weight excluding hydrogens is 246 g/mol. The van der Waals surface area contributed by atoms with Crippen LogP contribution in [0, 0.1) is 12.8 Å². The fourth-order valence-corrected chi connectivity index (χ4v) is 2.22. The van der Waals surface area contributed by atoms with Crippen LogP contribution in [0.4, 0.5) is 0 Å². The Hall–Kier alpha value is -1.09. The topological polar surface area (TPSA) is 30.7 Å². The number of aromatic nitrogens is 3. The van der Waals surface area contributed by atoms with Crippen molar-refractivity contribution in [3.63, 3.8) is 0 Å². The van der Waals surface area contributed by atoms with Crippen LogP contribution in [0.2, 0.25) is 0 Å². The highest BCUT2D eigenvalue weighted by molar-refractivity contribution is 6.17. The second-order valence-electron chi connectivity index (χ2n) is 4.89. The van der Waals surface area contributed by atoms with E-state index < -0.39 is 0 Å². The lowest BCUT2D eigenvalue weighted by atomic mass is 10.1. The van der Waals surface area contributed by atoms with E-state index in [4.69, 9.17) is 11.6 Å². The lowest BCUT2D eigenvalue weighted by molar-refractivity contribution is 0.465. The highest BCUT2D eigenvalue weighted by Gasteiger charge is 2.13. The summed E-state index contributed by atoms with van der Waals surface area (Å²) in [6.07, 6.45) is 1.96. The first-order valence-electron chi connectivity index (χ1n) is 6.54. The number of halogens is 1. The van der Waals surface area contributed by atoms with Gasteiger partial charge in [0.05, 0.1) is 0 Å². The third-order valence-corrected chi connectivity index (χ3v) is 3.51. The molecule has 4 heteroatoms. The second-order valence-corrected chi connectivity index (χ2v) is 5.26. The number of fused-ring (bicyclic) bond motifs is 1. The van der Waals surface area contributed by atoms with Gasteiger partial charge in [0, 0.05) is 24.5 Å². The molecule has 0 aliphatic rings. The van der Waals surface area contributed by atoms with Crippen LogP contribution in [-0.4, -0.2) is 20.4 Å². The quantitative estimate of drug-likeness (QED) is 0.774. The average Bonchev–Trinajstić information content (AvgIpc) is 2.68. The molecule has 0 amide bonds. The average molecular weight is 266 g/mol. The summed E-state index contributed by atoms with van der Waals surface area (Å²) in [6.45, 7) is 7.45. The molecular formula is C14H20ClN3. The third-order valence-electron chi connectivity index (χ3n) is 3.32. The first-order valence-corrected chi connectivity index (χ1v) is 7.07. The molecule has 0 aliphatic carbocycles. The van der Waals surface area contributed by atoms with E-state index in [1.165, 1.54) is 0 Å². The number of hydrogen-bond donors (Lipinski definition) is 0. The highest BCUT2D eigenvalue weighted by atomic mass is 35.5. The summed E-state index contributed by atoms with van der Waals surface area (Å²) >= 11 is 5.86. The molecule has 0 N–H and O–H groups in total. The zero-order chi connectivity index (χ0) is 13.1. The summed E-state index contributed by atoms with van der Waals surface area (Å²) in [4.78, 5) is 9.27. The maximum atomic E-state index is 5.86. The van der Waals surface area contributed by atoms with Gasteiger partial charge in [-0.1, -0.05) is 20.3 Å². The van der Waals surface area contributed by atoms with Gasteiger partial charge in [-0.25, -0.2) is 9.97 Å². The van der Waals surface area contributed by atoms with Gasteiger partial charge in [0.2, 0.25) is 0 Å². The predicted molar refractivity (Wildman–Crippen MR) is 76.1 cm³/mol. The first kappa shape index (κ1) is 13.3. The summed E-state index contributed by atoms with van der Waals surface area (Å²) in [7, 11) is 0. The molecule has 0 fully saturated rings. The Morgan fingerprint density at radius 3 is 2.78 bits per heavy atom. The van der Waals surface area contributed by atoms with E-state index in [9.17, 15) is 0 Å². The maximum Gasteiger partial charge on any atom is 0.160 e. The van der Waals surface area contributed by atoms with Gasteiger partial charge in [0.15, 0.2) is 5.65 Å². The van der Waals surface area contributed by atoms with Crippen molar-refractivity contribution in [1.29, 1.82) is 0 Å². The van der Waals surface area contributed by atoms with Gasteiger partial charge in [-0.3, -0.25) is 0 Å². The van der Waals surface area contributed by atoms with Gasteiger partial charge in [0.1, 0.15) is 11.3 Å². The number of nitrogens with zero attached hydrogens (tertiary/aromatic N) is 3. The van der Waals surface area contributed by atoms with Crippen molar-refractivity contribution >= 4 is 22.8 Å². The fourth-order valence-electron chi connectivity index (χ4n) is 2.05. The minimum Gasteiger partial charge on any atom is -0.312 e. The predicted octanol–water partition coefficient (Wildman–Crippen LogP) is 3.57. The molecule has 2 rings (SSSR count). The number of alkyl halides is 1. The van der Waals surface area contributed by atoms with E-state index in [1.54, 1.807) is 0 Å². The largest absolute Gasteiger partial charge is 0.312 e. The minimum atomic E-state index is 0.600. The summed E-state index contributed by atoms with van der Waals surface area (Å²) < 4.78 is 2.24. The van der Waals surface area contributed by atoms with Crippen LogP contribution >= 0.6 is 11.6 Å². The van der Waals surface area contributed by atoms with E-state index in [0.29, 0.717) is 11.8 Å². The van der Waals surface area contributed by atoms with Crippen molar-refractivity contribution < 1.29 is 0 Å². The molecule has 18 heavy (non-hydrogen) atoms. The van der Waals surface area contributed by atoms with E-state index in [2.05, 4.69) is 28.4 Å². The standard InChI is InChI=1S/C14H20ClN3/c1-4-10(2)9-18-13(7-8-15)17-12-6-5-11(3)16-14(12)18/h5-6,10H,4,7-9H2,1-3H3. The number of pyridine rings is 1. The molecule has 2 aromatic rings. The van der Waals surface area contributed by atoms with Crippen molar-refractivity contribution in [2.24, 2.45) is 5.92 Å². The van der Waals surface area contributed by atoms with E-state index in [1.807, 2.05) is 19.1 Å². The zero-order valence-corrected chi connectivity index (χ0v) is 12.0. The van der Waals surface area contributed by atoms with Crippen molar-refractivity contribution in [2.75, 3.05) is 5.88 Å². The smallest absolute Gasteiger partial charge is 0.160 e. The Bertz CT molecular complexity index is 533. The summed E-state index contributed by atoms with van der Waals surface area (Å²) in [5.74, 6) is 2.28. The Balaban J connectivity index is 2.49. The first-order chi connectivity index (χ1) is 8.65. The molecule has 0 saturated carbocycles. The van der Waals surface area contributed by atoms with Crippen LogP contribution in [0.5, 0.6) is 0 Å². The third kappa shape index (κ3) is 2.66. The maximum absolute atomic E-state index is 5.86. The number of rotatable bonds is 5. The van der Waals surface area contributed by atoms with E-state index in [0.717, 1.165) is 42.1 Å². The fraction of sp³-hybridized carbons (Fsp3) is 0.571. The highest BCUT2D eigenvalue weighted by Crippen LogP contribution is 2.18. The molecule has 1 atom stereocenters. The van der Waals surface area contributed by atoms with Crippen molar-refractivity contribution in [3.8, 4) is 0 Å². The summed E-state index contributed by atoms with van der Waals surface area (Å²) in [6, 6.07) is 4.05. The molecule has 0 aromatic carbocycles. The molecule has 0 radical (unpaired) electrons. The summed E-state index contributed by atoms with van der Waals surface area (Å²) in [5, 5.41) is 0. The molecule has 1 unspecified atom stereocenters. The molecule has 2 aromatic heterocycles. The molecule has 98 valence electrons. The van der Waals surface area contributed by atoms with Gasteiger partial charge in [-0.15, -0.1) is 11.6 Å². The van der Waals surface area contributed by atoms with Crippen LogP contribution in [0.1, 0.15) is 31.8 Å². The number of hydrogen-bond acceptors (Lipinski definition) is 2. The molecule has 0 saturated heterocycles. The van der Waals surface area contributed by atoms with Gasteiger partial charge >= 0.3 is 0 Å². The van der Waals surface area contributed by atoms with Gasteiger partial charge in [0.25, 0.3) is 0 Å². The Morgan fingerprint density at radius 2 is 2.11 bits per heavy atom. The molecule has 3 nitrogen and oxygen atoms in total. The van der Waals surface area contributed by atoms with Crippen LogP contribution in [0.25, 0.3) is 11.2 Å². The van der Waals surface area contributed by atoms with Gasteiger partial charge in [-0.05, 0) is 25.0 Å². The Labute approximate surface area is 113 Å². The van der Waals surface area contributed by atoms with Crippen LogP contribution in [0.3, 0.4) is 0 Å². The molecule has 0 aliphatic heterocycles. The van der Waals surface area contributed by atoms with Crippen molar-refractivity contribution in [1.82, 2.24) is 14.5 Å². The molecule has 0 bridgehead atoms. The van der Waals surface area contributed by atoms with Crippen LogP contribution in [0.15, 0.2) is 12.1 Å². The molecule has 2 heterocycles. The SMILES string of the molecule is CCC(C)Cn1c(CCCl)nc2ccc(C)nc21. The second kappa shape index (κ2) is 5.70. The zero-order valence-electron chi connectivity index (χ0n) is 11.3. The normalized spacial score (nSPS) is 13.1. The Morgan fingerprint density at radius 1 is 1.33 bits per heavy atom. The van der Waals surface area contributed by atoms with Crippen LogP contribution < -0.4 is 0 Å². The van der Waals surface area contributed by atoms with Crippen molar-refractivity contribution in [2.45, 2.75) is 40.2 Å². The Kier molecular flexibility index (Phi) is 4.23. The monoisotopic (exact) mass is 265 g/mol. The minimum absolute atomic E-state index is 0.600.